The van der Waals surface area contributed by atoms with Crippen LogP contribution in [0, 0.1) is 0 Å². The van der Waals surface area contributed by atoms with E-state index in [0.29, 0.717) is 12.8 Å². The third-order valence-electron chi connectivity index (χ3n) is 6.48. The number of pyridine rings is 1. The number of nitrogens with two attached hydrogens (primary N) is 1. The number of carbonyl (C=O) groups is 2. The van der Waals surface area contributed by atoms with Gasteiger partial charge in [-0.05, 0) is 79.8 Å². The number of phenolic OH excluding ortho intramolecular Hbond substituents is 1. The number of primary amides is 1. The lowest BCUT2D eigenvalue weighted by atomic mass is 10.0. The summed E-state index contributed by atoms with van der Waals surface area (Å²) in [6.07, 6.45) is 6.17. The van der Waals surface area contributed by atoms with Gasteiger partial charge in [0.15, 0.2) is 0 Å². The van der Waals surface area contributed by atoms with Crippen LogP contribution in [0.1, 0.15) is 43.0 Å². The van der Waals surface area contributed by atoms with Crippen LogP contribution in [0.15, 0.2) is 85.7 Å². The number of amides is 2. The van der Waals surface area contributed by atoms with Crippen LogP contribution in [0.2, 0.25) is 0 Å². The highest BCUT2D eigenvalue weighted by Crippen LogP contribution is 2.25. The summed E-state index contributed by atoms with van der Waals surface area (Å²) < 4.78 is 1.93. The summed E-state index contributed by atoms with van der Waals surface area (Å²) in [5, 5.41) is 17.0. The second kappa shape index (κ2) is 12.7. The highest BCUT2D eigenvalue weighted by Gasteiger charge is 2.19. The molecule has 0 aliphatic rings. The average Bonchev–Trinajstić information content (AvgIpc) is 3.36. The molecule has 0 saturated heterocycles. The molecule has 2 amide bonds. The number of unbranched alkanes of at least 4 members (excludes halogenated alkanes) is 1. The van der Waals surface area contributed by atoms with Crippen LogP contribution < -0.4 is 11.1 Å². The Balaban J connectivity index is 1.37. The van der Waals surface area contributed by atoms with Gasteiger partial charge < -0.3 is 16.2 Å². The molecule has 8 nitrogen and oxygen atoms in total. The van der Waals surface area contributed by atoms with Crippen LogP contribution in [0.5, 0.6) is 5.75 Å². The first kappa shape index (κ1) is 27.3. The summed E-state index contributed by atoms with van der Waals surface area (Å²) in [6, 6.07) is 19.8. The Kier molecular flexibility index (Phi) is 8.89. The quantitative estimate of drug-likeness (QED) is 0.234. The Bertz CT molecular complexity index is 1430. The molecule has 0 aliphatic carbocycles. The number of benzene rings is 2. The molecule has 0 spiro atoms. The molecule has 200 valence electrons. The fourth-order valence-electron chi connectivity index (χ4n) is 4.31. The number of phenols is 1. The summed E-state index contributed by atoms with van der Waals surface area (Å²) >= 11 is 0. The van der Waals surface area contributed by atoms with Crippen LogP contribution in [-0.4, -0.2) is 37.7 Å². The van der Waals surface area contributed by atoms with Gasteiger partial charge in [0.25, 0.3) is 0 Å². The fraction of sp³-hybridized carbons (Fsp3) is 0.226. The maximum absolute atomic E-state index is 12.5. The minimum absolute atomic E-state index is 0.136. The zero-order valence-corrected chi connectivity index (χ0v) is 22.0. The summed E-state index contributed by atoms with van der Waals surface area (Å²) in [4.78, 5) is 28.5. The smallest absolute Gasteiger partial charge is 0.240 e. The third-order valence-corrected chi connectivity index (χ3v) is 6.48. The second-order valence-corrected chi connectivity index (χ2v) is 9.60. The molecule has 2 aromatic carbocycles. The first-order chi connectivity index (χ1) is 18.8. The predicted octanol–water partition coefficient (Wildman–Crippen LogP) is 4.60. The Labute approximate surface area is 228 Å². The number of aryl methyl sites for hydroxylation is 1. The van der Waals surface area contributed by atoms with E-state index in [9.17, 15) is 14.7 Å². The van der Waals surface area contributed by atoms with Gasteiger partial charge in [0.2, 0.25) is 11.8 Å². The molecule has 4 rings (SSSR count). The van der Waals surface area contributed by atoms with E-state index in [-0.39, 0.29) is 24.5 Å². The number of hydrogen-bond acceptors (Lipinski definition) is 5. The van der Waals surface area contributed by atoms with Gasteiger partial charge in [-0.25, -0.2) is 4.68 Å². The van der Waals surface area contributed by atoms with Crippen molar-refractivity contribution in [3.05, 3.63) is 103 Å². The number of hydrogen-bond donors (Lipinski definition) is 3. The van der Waals surface area contributed by atoms with Gasteiger partial charge in [0, 0.05) is 30.8 Å². The molecule has 1 atom stereocenters. The number of rotatable bonds is 12. The number of carbonyl (C=O) groups excluding carboxylic acids is 2. The van der Waals surface area contributed by atoms with Crippen LogP contribution in [0.25, 0.3) is 22.5 Å². The van der Waals surface area contributed by atoms with E-state index in [0.717, 1.165) is 45.8 Å². The van der Waals surface area contributed by atoms with Crippen molar-refractivity contribution >= 4 is 17.4 Å². The number of nitrogens with one attached hydrogen (secondary N) is 1. The van der Waals surface area contributed by atoms with Crippen LogP contribution in [0.3, 0.4) is 0 Å². The monoisotopic (exact) mass is 523 g/mol. The largest absolute Gasteiger partial charge is 0.508 e. The van der Waals surface area contributed by atoms with Gasteiger partial charge in [-0.15, -0.1) is 0 Å². The molecule has 0 saturated carbocycles. The van der Waals surface area contributed by atoms with Gasteiger partial charge in [0.05, 0.1) is 17.1 Å². The molecule has 8 heteroatoms. The summed E-state index contributed by atoms with van der Waals surface area (Å²) in [5.74, 6) is -0.683. The Hall–Kier alpha value is -4.72. The average molecular weight is 524 g/mol. The molecule has 2 heterocycles. The van der Waals surface area contributed by atoms with Crippen molar-refractivity contribution in [3.8, 4) is 22.7 Å². The maximum atomic E-state index is 12.5. The van der Waals surface area contributed by atoms with E-state index in [1.807, 2.05) is 48.0 Å². The normalized spacial score (nSPS) is 11.6. The minimum atomic E-state index is -0.808. The fourth-order valence-corrected chi connectivity index (χ4v) is 4.31. The predicted molar refractivity (Wildman–Crippen MR) is 152 cm³/mol. The minimum Gasteiger partial charge on any atom is -0.508 e. The van der Waals surface area contributed by atoms with E-state index in [1.54, 1.807) is 24.5 Å². The van der Waals surface area contributed by atoms with Crippen molar-refractivity contribution in [1.82, 2.24) is 20.1 Å². The van der Waals surface area contributed by atoms with Gasteiger partial charge in [-0.2, -0.15) is 5.10 Å². The lowest BCUT2D eigenvalue weighted by Gasteiger charge is -2.15. The van der Waals surface area contributed by atoms with Gasteiger partial charge in [0.1, 0.15) is 11.8 Å². The van der Waals surface area contributed by atoms with E-state index < -0.39 is 11.9 Å². The zero-order chi connectivity index (χ0) is 27.8. The van der Waals surface area contributed by atoms with E-state index >= 15 is 0 Å². The summed E-state index contributed by atoms with van der Waals surface area (Å²) in [5.41, 5.74) is 12.2. The number of nitrogens with zero attached hydrogens (tertiary/aromatic N) is 3. The van der Waals surface area contributed by atoms with Gasteiger partial charge in [-0.1, -0.05) is 36.4 Å². The lowest BCUT2D eigenvalue weighted by molar-refractivity contribution is -0.127. The highest BCUT2D eigenvalue weighted by molar-refractivity contribution is 5.86. The SMILES string of the molecule is C=C(C)c1ccc(-n2nc(CCCCC(=O)N[C@@H](Cc3ccc(O)cc3)C(N)=O)cc2-c2ccncc2)cc1. The number of aromatic hydroxyl groups is 1. The lowest BCUT2D eigenvalue weighted by Crippen LogP contribution is -2.45. The van der Waals surface area contributed by atoms with Crippen molar-refractivity contribution in [2.45, 2.75) is 45.1 Å². The Morgan fingerprint density at radius 2 is 1.72 bits per heavy atom. The Morgan fingerprint density at radius 3 is 2.36 bits per heavy atom. The standard InChI is InChI=1S/C31H33N5O3/c1-21(2)23-9-11-26(12-10-23)36-29(24-15-17-33-18-16-24)20-25(35-36)5-3-4-6-30(38)34-28(31(32)39)19-22-7-13-27(37)14-8-22/h7-18,20,28,37H,1,3-6,19H2,2H3,(H2,32,39)(H,34,38)/t28-/m0/s1. The topological polar surface area (TPSA) is 123 Å². The van der Waals surface area contributed by atoms with E-state index in [4.69, 9.17) is 10.8 Å². The van der Waals surface area contributed by atoms with E-state index in [1.165, 1.54) is 12.1 Å². The molecular formula is C31H33N5O3. The van der Waals surface area contributed by atoms with Crippen LogP contribution in [-0.2, 0) is 22.4 Å². The molecule has 4 N–H and O–H groups in total. The molecule has 0 bridgehead atoms. The van der Waals surface area contributed by atoms with E-state index in [2.05, 4.69) is 22.9 Å². The molecular weight excluding hydrogens is 490 g/mol. The van der Waals surface area contributed by atoms with Crippen molar-refractivity contribution in [3.63, 3.8) is 0 Å². The number of aromatic nitrogens is 3. The second-order valence-electron chi connectivity index (χ2n) is 9.60. The Morgan fingerprint density at radius 1 is 1.03 bits per heavy atom. The van der Waals surface area contributed by atoms with Crippen molar-refractivity contribution in [1.29, 1.82) is 0 Å². The maximum Gasteiger partial charge on any atom is 0.240 e. The van der Waals surface area contributed by atoms with Crippen molar-refractivity contribution in [2.24, 2.45) is 5.73 Å². The highest BCUT2D eigenvalue weighted by atomic mass is 16.3. The van der Waals surface area contributed by atoms with Crippen molar-refractivity contribution in [2.75, 3.05) is 0 Å². The first-order valence-corrected chi connectivity index (χ1v) is 12.9. The summed E-state index contributed by atoms with van der Waals surface area (Å²) in [7, 11) is 0. The summed E-state index contributed by atoms with van der Waals surface area (Å²) in [6.45, 7) is 5.99. The molecule has 0 radical (unpaired) electrons. The molecule has 4 aromatic rings. The van der Waals surface area contributed by atoms with Crippen LogP contribution >= 0.6 is 0 Å². The van der Waals surface area contributed by atoms with Gasteiger partial charge >= 0.3 is 0 Å². The number of allylic oxidation sites excluding steroid dienone is 1. The van der Waals surface area contributed by atoms with Gasteiger partial charge in [-0.3, -0.25) is 14.6 Å². The first-order valence-electron chi connectivity index (χ1n) is 12.9. The molecule has 0 aliphatic heterocycles. The van der Waals surface area contributed by atoms with Crippen LogP contribution in [0.4, 0.5) is 0 Å². The van der Waals surface area contributed by atoms with Crippen molar-refractivity contribution < 1.29 is 14.7 Å². The molecule has 39 heavy (non-hydrogen) atoms. The third kappa shape index (κ3) is 7.41. The molecule has 2 aromatic heterocycles. The zero-order valence-electron chi connectivity index (χ0n) is 22.0. The molecule has 0 fully saturated rings. The molecule has 0 unspecified atom stereocenters.